The molecule has 5 nitrogen and oxygen atoms in total. The lowest BCUT2D eigenvalue weighted by Gasteiger charge is -2.22. The van der Waals surface area contributed by atoms with Crippen molar-refractivity contribution in [3.8, 4) is 6.07 Å². The van der Waals surface area contributed by atoms with Gasteiger partial charge in [-0.05, 0) is 25.3 Å². The third-order valence-corrected chi connectivity index (χ3v) is 4.21. The van der Waals surface area contributed by atoms with E-state index in [-0.39, 0.29) is 12.1 Å². The van der Waals surface area contributed by atoms with Gasteiger partial charge in [0.1, 0.15) is 6.07 Å². The summed E-state index contributed by atoms with van der Waals surface area (Å²) in [6, 6.07) is 10.2. The summed E-state index contributed by atoms with van der Waals surface area (Å²) in [5.74, 6) is 0. The van der Waals surface area contributed by atoms with Gasteiger partial charge in [0.15, 0.2) is 5.69 Å². The zero-order chi connectivity index (χ0) is 13.5. The molecule has 4 rings (SSSR count). The number of rotatable bonds is 2. The van der Waals surface area contributed by atoms with Gasteiger partial charge in [-0.15, -0.1) is 10.2 Å². The molecule has 3 atom stereocenters. The average molecular weight is 266 g/mol. The molecule has 3 unspecified atom stereocenters. The SMILES string of the molecule is N#Cc1nnc2ccccc2c1NC1CC2CCC1O2. The lowest BCUT2D eigenvalue weighted by Crippen LogP contribution is -2.31. The number of fused-ring (bicyclic) bond motifs is 3. The summed E-state index contributed by atoms with van der Waals surface area (Å²) in [4.78, 5) is 0. The van der Waals surface area contributed by atoms with Crippen molar-refractivity contribution < 1.29 is 4.74 Å². The number of nitrogens with one attached hydrogen (secondary N) is 1. The number of hydrogen-bond donors (Lipinski definition) is 1. The molecule has 2 bridgehead atoms. The van der Waals surface area contributed by atoms with E-state index >= 15 is 0 Å². The highest BCUT2D eigenvalue weighted by Crippen LogP contribution is 2.37. The van der Waals surface area contributed by atoms with E-state index in [0.717, 1.165) is 35.9 Å². The highest BCUT2D eigenvalue weighted by atomic mass is 16.5. The van der Waals surface area contributed by atoms with E-state index in [4.69, 9.17) is 4.74 Å². The van der Waals surface area contributed by atoms with Crippen LogP contribution in [0.5, 0.6) is 0 Å². The predicted molar refractivity (Wildman–Crippen MR) is 74.2 cm³/mol. The molecule has 2 aliphatic heterocycles. The zero-order valence-corrected chi connectivity index (χ0v) is 10.9. The van der Waals surface area contributed by atoms with E-state index in [9.17, 15) is 5.26 Å². The maximum absolute atomic E-state index is 9.26. The van der Waals surface area contributed by atoms with Crippen molar-refractivity contribution in [2.75, 3.05) is 5.32 Å². The van der Waals surface area contributed by atoms with Gasteiger partial charge in [-0.1, -0.05) is 18.2 Å². The molecule has 1 aromatic heterocycles. The van der Waals surface area contributed by atoms with E-state index in [0.29, 0.717) is 11.8 Å². The molecule has 5 heteroatoms. The van der Waals surface area contributed by atoms with Gasteiger partial charge in [-0.25, -0.2) is 0 Å². The van der Waals surface area contributed by atoms with Crippen molar-refractivity contribution in [3.63, 3.8) is 0 Å². The molecule has 0 aliphatic carbocycles. The van der Waals surface area contributed by atoms with Gasteiger partial charge in [0, 0.05) is 5.39 Å². The van der Waals surface area contributed by atoms with Gasteiger partial charge in [0.2, 0.25) is 0 Å². The largest absolute Gasteiger partial charge is 0.377 e. The Kier molecular flexibility index (Phi) is 2.57. The number of ether oxygens (including phenoxy) is 1. The Morgan fingerprint density at radius 1 is 1.25 bits per heavy atom. The molecule has 20 heavy (non-hydrogen) atoms. The molecule has 2 saturated heterocycles. The van der Waals surface area contributed by atoms with Gasteiger partial charge in [-0.3, -0.25) is 0 Å². The first-order chi connectivity index (χ1) is 9.85. The van der Waals surface area contributed by atoms with Crippen LogP contribution in [0.4, 0.5) is 5.69 Å². The highest BCUT2D eigenvalue weighted by molar-refractivity contribution is 5.92. The minimum Gasteiger partial charge on any atom is -0.377 e. The van der Waals surface area contributed by atoms with E-state index in [1.165, 1.54) is 0 Å². The molecule has 0 spiro atoms. The van der Waals surface area contributed by atoms with Crippen LogP contribution in [0.3, 0.4) is 0 Å². The molecule has 2 fully saturated rings. The molecule has 1 N–H and O–H groups in total. The van der Waals surface area contributed by atoms with Crippen molar-refractivity contribution in [1.29, 1.82) is 5.26 Å². The van der Waals surface area contributed by atoms with Crippen LogP contribution in [-0.2, 0) is 4.74 Å². The summed E-state index contributed by atoms with van der Waals surface area (Å²) in [6.07, 6.45) is 3.90. The first kappa shape index (κ1) is 11.6. The van der Waals surface area contributed by atoms with Crippen LogP contribution in [0.15, 0.2) is 24.3 Å². The zero-order valence-electron chi connectivity index (χ0n) is 10.9. The summed E-state index contributed by atoms with van der Waals surface area (Å²) < 4.78 is 5.86. The summed E-state index contributed by atoms with van der Waals surface area (Å²) in [6.45, 7) is 0. The Hall–Kier alpha value is -2.19. The third-order valence-electron chi connectivity index (χ3n) is 4.21. The van der Waals surface area contributed by atoms with Gasteiger partial charge in [0.25, 0.3) is 0 Å². The normalized spacial score (nSPS) is 27.6. The second-order valence-corrected chi connectivity index (χ2v) is 5.41. The van der Waals surface area contributed by atoms with Crippen molar-refractivity contribution >= 4 is 16.6 Å². The maximum atomic E-state index is 9.26. The molecule has 0 saturated carbocycles. The quantitative estimate of drug-likeness (QED) is 0.902. The number of benzene rings is 1. The van der Waals surface area contributed by atoms with Crippen LogP contribution < -0.4 is 5.32 Å². The van der Waals surface area contributed by atoms with Crippen LogP contribution in [0.1, 0.15) is 25.0 Å². The number of aromatic nitrogens is 2. The lowest BCUT2D eigenvalue weighted by molar-refractivity contribution is 0.102. The van der Waals surface area contributed by atoms with E-state index in [2.05, 4.69) is 21.6 Å². The lowest BCUT2D eigenvalue weighted by atomic mass is 9.95. The molecule has 0 radical (unpaired) electrons. The number of anilines is 1. The minimum absolute atomic E-state index is 0.262. The standard InChI is InChI=1S/C15H14N4O/c16-8-13-15(10-3-1-2-4-11(10)18-19-13)17-12-7-9-5-6-14(12)20-9/h1-4,9,12,14H,5-7H2,(H,17,18). The van der Waals surface area contributed by atoms with Crippen LogP contribution in [0, 0.1) is 11.3 Å². The Morgan fingerprint density at radius 3 is 2.90 bits per heavy atom. The molecule has 3 heterocycles. The fraction of sp³-hybridized carbons (Fsp3) is 0.400. The Morgan fingerprint density at radius 2 is 2.15 bits per heavy atom. The van der Waals surface area contributed by atoms with Crippen molar-refractivity contribution in [2.45, 2.75) is 37.5 Å². The van der Waals surface area contributed by atoms with Crippen molar-refractivity contribution in [3.05, 3.63) is 30.0 Å². The smallest absolute Gasteiger partial charge is 0.186 e. The molecular formula is C15H14N4O. The molecule has 1 aromatic carbocycles. The van der Waals surface area contributed by atoms with Gasteiger partial charge in [0.05, 0.1) is 29.5 Å². The Bertz CT molecular complexity index is 709. The molecular weight excluding hydrogens is 252 g/mol. The van der Waals surface area contributed by atoms with E-state index in [1.807, 2.05) is 24.3 Å². The van der Waals surface area contributed by atoms with E-state index in [1.54, 1.807) is 0 Å². The van der Waals surface area contributed by atoms with Crippen LogP contribution in [0.2, 0.25) is 0 Å². The minimum atomic E-state index is 0.262. The average Bonchev–Trinajstić information content (AvgIpc) is 3.10. The highest BCUT2D eigenvalue weighted by Gasteiger charge is 2.41. The third kappa shape index (κ3) is 1.73. The van der Waals surface area contributed by atoms with Crippen LogP contribution in [0.25, 0.3) is 10.9 Å². The van der Waals surface area contributed by atoms with E-state index < -0.39 is 0 Å². The summed E-state index contributed by atoms with van der Waals surface area (Å²) >= 11 is 0. The topological polar surface area (TPSA) is 70.8 Å². The maximum Gasteiger partial charge on any atom is 0.186 e. The molecule has 2 aromatic rings. The second-order valence-electron chi connectivity index (χ2n) is 5.41. The fourth-order valence-corrected chi connectivity index (χ4v) is 3.25. The monoisotopic (exact) mass is 266 g/mol. The predicted octanol–water partition coefficient (Wildman–Crippen LogP) is 2.23. The van der Waals surface area contributed by atoms with Crippen molar-refractivity contribution in [2.24, 2.45) is 0 Å². The fourth-order valence-electron chi connectivity index (χ4n) is 3.25. The summed E-state index contributed by atoms with van der Waals surface area (Å²) in [7, 11) is 0. The van der Waals surface area contributed by atoms with Crippen LogP contribution >= 0.6 is 0 Å². The second kappa shape index (κ2) is 4.43. The first-order valence-electron chi connectivity index (χ1n) is 6.92. The number of hydrogen-bond acceptors (Lipinski definition) is 5. The molecule has 2 aliphatic rings. The molecule has 100 valence electrons. The Labute approximate surface area is 116 Å². The molecule has 0 amide bonds. The Balaban J connectivity index is 1.76. The summed E-state index contributed by atoms with van der Waals surface area (Å²) in [5.41, 5.74) is 1.95. The van der Waals surface area contributed by atoms with Gasteiger partial charge < -0.3 is 10.1 Å². The first-order valence-corrected chi connectivity index (χ1v) is 6.92. The van der Waals surface area contributed by atoms with Gasteiger partial charge >= 0.3 is 0 Å². The van der Waals surface area contributed by atoms with Gasteiger partial charge in [-0.2, -0.15) is 5.26 Å². The van der Waals surface area contributed by atoms with Crippen molar-refractivity contribution in [1.82, 2.24) is 10.2 Å². The van der Waals surface area contributed by atoms with Crippen LogP contribution in [-0.4, -0.2) is 28.4 Å². The number of nitrogens with zero attached hydrogens (tertiary/aromatic N) is 3. The number of nitriles is 1. The summed E-state index contributed by atoms with van der Waals surface area (Å²) in [5, 5.41) is 21.8.